The molecule has 2 aliphatic rings. The Hall–Kier alpha value is -2.34. The van der Waals surface area contributed by atoms with Crippen molar-refractivity contribution in [3.05, 3.63) is 85.1 Å². The number of benzene rings is 2. The molecule has 156 valence electrons. The number of rotatable bonds is 1. The molecular formula is C30H36. The molecule has 0 amide bonds. The minimum absolute atomic E-state index is 0.0857. The Morgan fingerprint density at radius 1 is 0.833 bits per heavy atom. The van der Waals surface area contributed by atoms with Gasteiger partial charge in [-0.2, -0.15) is 0 Å². The molecule has 0 bridgehead atoms. The average Bonchev–Trinajstić information content (AvgIpc) is 3.21. The highest BCUT2D eigenvalue weighted by molar-refractivity contribution is 5.82. The van der Waals surface area contributed by atoms with E-state index in [4.69, 9.17) is 0 Å². The van der Waals surface area contributed by atoms with Crippen LogP contribution in [0.3, 0.4) is 0 Å². The Morgan fingerprint density at radius 2 is 1.53 bits per heavy atom. The van der Waals surface area contributed by atoms with Gasteiger partial charge in [0.2, 0.25) is 0 Å². The first-order valence-electron chi connectivity index (χ1n) is 11.3. The Labute approximate surface area is 182 Å². The van der Waals surface area contributed by atoms with Crippen LogP contribution in [0.4, 0.5) is 0 Å². The van der Waals surface area contributed by atoms with Gasteiger partial charge in [0.25, 0.3) is 0 Å². The minimum Gasteiger partial charge on any atom is -0.0772 e. The molecule has 2 aromatic rings. The van der Waals surface area contributed by atoms with Crippen LogP contribution in [0.5, 0.6) is 0 Å². The predicted molar refractivity (Wildman–Crippen MR) is 132 cm³/mol. The summed E-state index contributed by atoms with van der Waals surface area (Å²) in [5.41, 5.74) is 10.2. The number of hydrogen-bond acceptors (Lipinski definition) is 0. The molecule has 0 N–H and O–H groups in total. The van der Waals surface area contributed by atoms with E-state index in [1.165, 1.54) is 59.8 Å². The molecule has 0 unspecified atom stereocenters. The van der Waals surface area contributed by atoms with Gasteiger partial charge in [0.05, 0.1) is 0 Å². The number of allylic oxidation sites excluding steroid dienone is 4. The molecule has 0 nitrogen and oxygen atoms in total. The highest BCUT2D eigenvalue weighted by Crippen LogP contribution is 2.33. The predicted octanol–water partition coefficient (Wildman–Crippen LogP) is 6.63. The Morgan fingerprint density at radius 3 is 2.07 bits per heavy atom. The van der Waals surface area contributed by atoms with E-state index in [1.54, 1.807) is 0 Å². The summed E-state index contributed by atoms with van der Waals surface area (Å²) in [7, 11) is 0. The molecule has 30 heavy (non-hydrogen) atoms. The lowest BCUT2D eigenvalue weighted by Crippen LogP contribution is -2.27. The lowest BCUT2D eigenvalue weighted by molar-refractivity contribution is 0.584. The summed E-state index contributed by atoms with van der Waals surface area (Å²) < 4.78 is 0. The monoisotopic (exact) mass is 396 g/mol. The minimum atomic E-state index is 0.0857. The molecule has 0 saturated carbocycles. The molecule has 0 heteroatoms. The van der Waals surface area contributed by atoms with Gasteiger partial charge in [-0.05, 0) is 98.9 Å². The topological polar surface area (TPSA) is 0 Å². The second-order valence-electron chi connectivity index (χ2n) is 11.4. The van der Waals surface area contributed by atoms with Crippen LogP contribution >= 0.6 is 0 Å². The molecule has 4 rings (SSSR count). The quantitative estimate of drug-likeness (QED) is 0.433. The molecule has 0 saturated heterocycles. The third kappa shape index (κ3) is 3.41. The van der Waals surface area contributed by atoms with Crippen molar-refractivity contribution in [3.8, 4) is 0 Å². The zero-order valence-electron chi connectivity index (χ0n) is 20.2. The van der Waals surface area contributed by atoms with E-state index in [1.807, 2.05) is 0 Å². The molecule has 0 radical (unpaired) electrons. The summed E-state index contributed by atoms with van der Waals surface area (Å²) in [5, 5.41) is 5.61. The zero-order chi connectivity index (χ0) is 22.0. The van der Waals surface area contributed by atoms with Crippen LogP contribution in [0.25, 0.3) is 17.2 Å². The van der Waals surface area contributed by atoms with Gasteiger partial charge in [0.1, 0.15) is 0 Å². The van der Waals surface area contributed by atoms with Crippen molar-refractivity contribution in [1.29, 1.82) is 0 Å². The summed E-state index contributed by atoms with van der Waals surface area (Å²) in [6.07, 6.45) is 8.22. The van der Waals surface area contributed by atoms with E-state index in [0.29, 0.717) is 0 Å². The first-order valence-corrected chi connectivity index (χ1v) is 11.3. The second-order valence-corrected chi connectivity index (χ2v) is 11.4. The fourth-order valence-corrected chi connectivity index (χ4v) is 4.89. The van der Waals surface area contributed by atoms with Crippen LogP contribution in [0.2, 0.25) is 0 Å². The Kier molecular flexibility index (Phi) is 4.77. The normalized spacial score (nSPS) is 15.4. The molecule has 2 aromatic carbocycles. The van der Waals surface area contributed by atoms with E-state index in [9.17, 15) is 0 Å². The van der Waals surface area contributed by atoms with Crippen LogP contribution in [0.15, 0.2) is 42.0 Å². The first kappa shape index (κ1) is 20.9. The molecule has 0 fully saturated rings. The van der Waals surface area contributed by atoms with Crippen LogP contribution in [0.1, 0.15) is 91.0 Å². The van der Waals surface area contributed by atoms with Crippen molar-refractivity contribution in [3.63, 3.8) is 0 Å². The van der Waals surface area contributed by atoms with Crippen molar-refractivity contribution in [2.24, 2.45) is 0 Å². The molecule has 0 aromatic heterocycles. The van der Waals surface area contributed by atoms with Crippen molar-refractivity contribution >= 4 is 17.2 Å². The third-order valence-corrected chi connectivity index (χ3v) is 6.55. The number of fused-ring (bicyclic) bond motifs is 2. The maximum absolute atomic E-state index is 2.49. The third-order valence-electron chi connectivity index (χ3n) is 6.55. The lowest BCUT2D eigenvalue weighted by atomic mass is 9.80. The second kappa shape index (κ2) is 6.84. The molecular weight excluding hydrogens is 360 g/mol. The maximum atomic E-state index is 2.49. The van der Waals surface area contributed by atoms with E-state index in [-0.39, 0.29) is 10.8 Å². The SMILES string of the molecule is CC1=CCC(c2c3c(cc(C(C)(C)C)c2=C(C)C)=c2cc(C(C)(C)C)ccc2=C3)=C1. The van der Waals surface area contributed by atoms with Gasteiger partial charge in [-0.15, -0.1) is 0 Å². The largest absolute Gasteiger partial charge is 0.0772 e. The van der Waals surface area contributed by atoms with Crippen molar-refractivity contribution in [2.45, 2.75) is 79.6 Å². The zero-order valence-corrected chi connectivity index (χ0v) is 20.2. The standard InChI is InChI=1S/C30H36/c1-18(2)27-26(30(7,8)9)17-24-23-16-22(29(4,5)6)13-12-20(23)15-25(24)28(27)21-11-10-19(3)14-21/h10,12-17H,11H2,1-9H3. The summed E-state index contributed by atoms with van der Waals surface area (Å²) in [6.45, 7) is 20.7. The fourth-order valence-electron chi connectivity index (χ4n) is 4.89. The maximum Gasteiger partial charge on any atom is -0.00673 e. The van der Waals surface area contributed by atoms with Gasteiger partial charge in [-0.1, -0.05) is 83.0 Å². The van der Waals surface area contributed by atoms with E-state index in [2.05, 4.69) is 105 Å². The van der Waals surface area contributed by atoms with Gasteiger partial charge < -0.3 is 0 Å². The molecule has 0 aliphatic heterocycles. The highest BCUT2D eigenvalue weighted by Gasteiger charge is 2.24. The molecule has 0 atom stereocenters. The van der Waals surface area contributed by atoms with E-state index >= 15 is 0 Å². The van der Waals surface area contributed by atoms with Gasteiger partial charge in [-0.3, -0.25) is 0 Å². The highest BCUT2D eigenvalue weighted by atomic mass is 14.3. The Balaban J connectivity index is 2.24. The van der Waals surface area contributed by atoms with Gasteiger partial charge in [0, 0.05) is 0 Å². The summed E-state index contributed by atoms with van der Waals surface area (Å²) in [5.74, 6) is 0. The number of hydrogen-bond donors (Lipinski definition) is 0. The van der Waals surface area contributed by atoms with Crippen molar-refractivity contribution < 1.29 is 0 Å². The van der Waals surface area contributed by atoms with Crippen LogP contribution in [-0.4, -0.2) is 0 Å². The molecule has 2 aliphatic carbocycles. The molecule has 0 heterocycles. The molecule has 0 spiro atoms. The Bertz CT molecular complexity index is 1320. The average molecular weight is 397 g/mol. The summed E-state index contributed by atoms with van der Waals surface area (Å²) in [4.78, 5) is 0. The summed E-state index contributed by atoms with van der Waals surface area (Å²) >= 11 is 0. The van der Waals surface area contributed by atoms with Gasteiger partial charge >= 0.3 is 0 Å². The van der Waals surface area contributed by atoms with Gasteiger partial charge in [0.15, 0.2) is 0 Å². The smallest absolute Gasteiger partial charge is 0.00673 e. The summed E-state index contributed by atoms with van der Waals surface area (Å²) in [6, 6.07) is 9.56. The van der Waals surface area contributed by atoms with E-state index in [0.717, 1.165) is 6.42 Å². The lowest BCUT2D eigenvalue weighted by Gasteiger charge is -2.24. The van der Waals surface area contributed by atoms with Crippen LogP contribution in [-0.2, 0) is 10.8 Å². The van der Waals surface area contributed by atoms with E-state index < -0.39 is 0 Å². The van der Waals surface area contributed by atoms with Crippen molar-refractivity contribution in [1.82, 2.24) is 0 Å². The van der Waals surface area contributed by atoms with Crippen LogP contribution in [0, 0.1) is 10.4 Å². The fraction of sp³-hybridized carbons (Fsp3) is 0.400. The first-order chi connectivity index (χ1) is 13.9. The van der Waals surface area contributed by atoms with Crippen LogP contribution < -0.4 is 10.4 Å². The van der Waals surface area contributed by atoms with Gasteiger partial charge in [-0.25, -0.2) is 0 Å². The van der Waals surface area contributed by atoms with Crippen molar-refractivity contribution in [2.75, 3.05) is 0 Å².